The molecule has 1 atom stereocenters. The standard InChI is InChI=1S/C15H19N7O/c1-4-21(12(3)10-17-20-16)15(23)13-9-11(2)5-6-14(13)22-18-7-8-19-22/h5-9,12H,4,10H2,1-3H3/t12-/m0/s1. The second-order valence-electron chi connectivity index (χ2n) is 5.19. The Bertz CT molecular complexity index is 719. The van der Waals surface area contributed by atoms with Crippen LogP contribution in [-0.4, -0.2) is 44.9 Å². The number of carbonyl (C=O) groups excluding carboxylic acids is 1. The molecule has 0 spiro atoms. The van der Waals surface area contributed by atoms with Crippen LogP contribution in [0, 0.1) is 6.92 Å². The number of hydrogen-bond acceptors (Lipinski definition) is 4. The third kappa shape index (κ3) is 3.67. The maximum atomic E-state index is 13.0. The largest absolute Gasteiger partial charge is 0.336 e. The van der Waals surface area contributed by atoms with E-state index < -0.39 is 0 Å². The highest BCUT2D eigenvalue weighted by atomic mass is 16.2. The lowest BCUT2D eigenvalue weighted by molar-refractivity contribution is 0.0709. The Morgan fingerprint density at radius 2 is 2.13 bits per heavy atom. The van der Waals surface area contributed by atoms with E-state index in [0.717, 1.165) is 5.56 Å². The third-order valence-electron chi connectivity index (χ3n) is 3.56. The topological polar surface area (TPSA) is 99.8 Å². The zero-order valence-corrected chi connectivity index (χ0v) is 13.4. The van der Waals surface area contributed by atoms with Crippen molar-refractivity contribution in [3.8, 4) is 5.69 Å². The number of carbonyl (C=O) groups is 1. The van der Waals surface area contributed by atoms with Gasteiger partial charge in [-0.2, -0.15) is 15.0 Å². The molecular formula is C15H19N7O. The summed E-state index contributed by atoms with van der Waals surface area (Å²) in [7, 11) is 0. The highest BCUT2D eigenvalue weighted by molar-refractivity contribution is 5.98. The van der Waals surface area contributed by atoms with Gasteiger partial charge in [-0.3, -0.25) is 4.79 Å². The average molecular weight is 313 g/mol. The van der Waals surface area contributed by atoms with Gasteiger partial charge in [0.15, 0.2) is 0 Å². The van der Waals surface area contributed by atoms with Crippen LogP contribution in [0.4, 0.5) is 0 Å². The van der Waals surface area contributed by atoms with Gasteiger partial charge in [0.25, 0.3) is 5.91 Å². The van der Waals surface area contributed by atoms with Gasteiger partial charge in [0.05, 0.1) is 23.6 Å². The molecule has 2 rings (SSSR count). The third-order valence-corrected chi connectivity index (χ3v) is 3.56. The molecule has 0 saturated carbocycles. The fourth-order valence-electron chi connectivity index (χ4n) is 2.40. The zero-order chi connectivity index (χ0) is 16.8. The van der Waals surface area contributed by atoms with Crippen LogP contribution in [0.15, 0.2) is 35.7 Å². The monoisotopic (exact) mass is 313 g/mol. The molecule has 1 aromatic carbocycles. The van der Waals surface area contributed by atoms with Crippen molar-refractivity contribution in [1.29, 1.82) is 0 Å². The van der Waals surface area contributed by atoms with Crippen LogP contribution < -0.4 is 0 Å². The lowest BCUT2D eigenvalue weighted by atomic mass is 10.1. The van der Waals surface area contributed by atoms with Crippen LogP contribution in [0.5, 0.6) is 0 Å². The molecule has 0 unspecified atom stereocenters. The van der Waals surface area contributed by atoms with E-state index in [4.69, 9.17) is 5.53 Å². The summed E-state index contributed by atoms with van der Waals surface area (Å²) in [6.45, 7) is 6.43. The Balaban J connectivity index is 2.41. The summed E-state index contributed by atoms with van der Waals surface area (Å²) in [5.74, 6) is -0.135. The average Bonchev–Trinajstić information content (AvgIpc) is 3.07. The number of nitrogens with zero attached hydrogens (tertiary/aromatic N) is 7. The summed E-state index contributed by atoms with van der Waals surface area (Å²) in [4.78, 5) is 18.8. The Labute approximate surface area is 134 Å². The van der Waals surface area contributed by atoms with Crippen molar-refractivity contribution < 1.29 is 4.79 Å². The van der Waals surface area contributed by atoms with E-state index in [2.05, 4.69) is 20.2 Å². The van der Waals surface area contributed by atoms with Crippen molar-refractivity contribution in [3.63, 3.8) is 0 Å². The Morgan fingerprint density at radius 1 is 1.43 bits per heavy atom. The normalized spacial score (nSPS) is 11.6. The second-order valence-corrected chi connectivity index (χ2v) is 5.19. The van der Waals surface area contributed by atoms with Crippen molar-refractivity contribution in [1.82, 2.24) is 19.9 Å². The van der Waals surface area contributed by atoms with Gasteiger partial charge in [0.2, 0.25) is 0 Å². The molecule has 8 heteroatoms. The molecule has 1 amide bonds. The lowest BCUT2D eigenvalue weighted by Gasteiger charge is -2.27. The maximum Gasteiger partial charge on any atom is 0.256 e. The van der Waals surface area contributed by atoms with Crippen molar-refractivity contribution in [2.45, 2.75) is 26.8 Å². The molecule has 1 heterocycles. The molecule has 120 valence electrons. The molecule has 0 aliphatic rings. The fourth-order valence-corrected chi connectivity index (χ4v) is 2.40. The highest BCUT2D eigenvalue weighted by Crippen LogP contribution is 2.18. The predicted octanol–water partition coefficient (Wildman–Crippen LogP) is 2.74. The summed E-state index contributed by atoms with van der Waals surface area (Å²) < 4.78 is 0. The summed E-state index contributed by atoms with van der Waals surface area (Å²) in [5.41, 5.74) is 10.6. The summed E-state index contributed by atoms with van der Waals surface area (Å²) in [6.07, 6.45) is 3.13. The zero-order valence-electron chi connectivity index (χ0n) is 13.4. The minimum absolute atomic E-state index is 0.135. The molecule has 0 fully saturated rings. The van der Waals surface area contributed by atoms with Gasteiger partial charge in [-0.1, -0.05) is 16.7 Å². The SMILES string of the molecule is CCN(C(=O)c1cc(C)ccc1-n1nccn1)[C@@H](C)CN=[N+]=[N-]. The molecule has 0 radical (unpaired) electrons. The van der Waals surface area contributed by atoms with E-state index in [1.165, 1.54) is 4.80 Å². The number of rotatable bonds is 6. The molecule has 23 heavy (non-hydrogen) atoms. The first-order chi connectivity index (χ1) is 11.1. The predicted molar refractivity (Wildman–Crippen MR) is 86.3 cm³/mol. The van der Waals surface area contributed by atoms with Gasteiger partial charge < -0.3 is 4.90 Å². The van der Waals surface area contributed by atoms with Crippen molar-refractivity contribution in [2.75, 3.05) is 13.1 Å². The summed E-state index contributed by atoms with van der Waals surface area (Å²) in [5, 5.41) is 11.8. The molecule has 0 aliphatic carbocycles. The van der Waals surface area contributed by atoms with Crippen LogP contribution in [0.25, 0.3) is 16.1 Å². The second kappa shape index (κ2) is 7.42. The summed E-state index contributed by atoms with van der Waals surface area (Å²) in [6, 6.07) is 5.37. The van der Waals surface area contributed by atoms with Crippen molar-refractivity contribution in [3.05, 3.63) is 52.2 Å². The lowest BCUT2D eigenvalue weighted by Crippen LogP contribution is -2.40. The molecule has 2 aromatic rings. The molecule has 1 aromatic heterocycles. The van der Waals surface area contributed by atoms with Crippen LogP contribution in [0.3, 0.4) is 0 Å². The number of benzene rings is 1. The van der Waals surface area contributed by atoms with Crippen molar-refractivity contribution in [2.24, 2.45) is 5.11 Å². The van der Waals surface area contributed by atoms with Crippen LogP contribution in [-0.2, 0) is 0 Å². The number of likely N-dealkylation sites (N-methyl/N-ethyl adjacent to an activating group) is 1. The van der Waals surface area contributed by atoms with E-state index in [0.29, 0.717) is 17.8 Å². The number of aromatic nitrogens is 3. The molecule has 0 bridgehead atoms. The number of azide groups is 1. The highest BCUT2D eigenvalue weighted by Gasteiger charge is 2.23. The number of aryl methyl sites for hydroxylation is 1. The first kappa shape index (κ1) is 16.5. The van der Waals surface area contributed by atoms with Gasteiger partial charge in [0.1, 0.15) is 0 Å². The van der Waals surface area contributed by atoms with E-state index >= 15 is 0 Å². The Morgan fingerprint density at radius 3 is 2.74 bits per heavy atom. The fraction of sp³-hybridized carbons (Fsp3) is 0.400. The number of amides is 1. The van der Waals surface area contributed by atoms with Gasteiger partial charge in [-0.25, -0.2) is 0 Å². The summed E-state index contributed by atoms with van der Waals surface area (Å²) >= 11 is 0. The smallest absolute Gasteiger partial charge is 0.256 e. The Hall–Kier alpha value is -2.86. The van der Waals surface area contributed by atoms with Crippen LogP contribution in [0.2, 0.25) is 0 Å². The van der Waals surface area contributed by atoms with Crippen LogP contribution in [0.1, 0.15) is 29.8 Å². The van der Waals surface area contributed by atoms with E-state index in [9.17, 15) is 4.79 Å². The van der Waals surface area contributed by atoms with Gasteiger partial charge in [-0.15, -0.1) is 0 Å². The molecule has 0 aliphatic heterocycles. The van der Waals surface area contributed by atoms with E-state index in [1.54, 1.807) is 17.3 Å². The number of hydrogen-bond donors (Lipinski definition) is 0. The van der Waals surface area contributed by atoms with Gasteiger partial charge in [-0.05, 0) is 38.4 Å². The molecule has 8 nitrogen and oxygen atoms in total. The quantitative estimate of drug-likeness (QED) is 0.465. The van der Waals surface area contributed by atoms with Crippen molar-refractivity contribution >= 4 is 5.91 Å². The van der Waals surface area contributed by atoms with Gasteiger partial charge >= 0.3 is 0 Å². The minimum atomic E-state index is -0.192. The first-order valence-electron chi connectivity index (χ1n) is 7.37. The van der Waals surface area contributed by atoms with Gasteiger partial charge in [0, 0.05) is 24.0 Å². The minimum Gasteiger partial charge on any atom is -0.336 e. The molecular weight excluding hydrogens is 294 g/mol. The van der Waals surface area contributed by atoms with E-state index in [1.807, 2.05) is 39.0 Å². The first-order valence-corrected chi connectivity index (χ1v) is 7.37. The molecule has 0 N–H and O–H groups in total. The molecule has 0 saturated heterocycles. The van der Waals surface area contributed by atoms with E-state index in [-0.39, 0.29) is 18.5 Å². The van der Waals surface area contributed by atoms with Crippen LogP contribution >= 0.6 is 0 Å². The maximum absolute atomic E-state index is 13.0. The Kier molecular flexibility index (Phi) is 5.32.